The lowest BCUT2D eigenvalue weighted by atomic mass is 10.0. The first-order valence-electron chi connectivity index (χ1n) is 5.29. The molecule has 1 aliphatic heterocycles. The first-order valence-corrected chi connectivity index (χ1v) is 5.29. The van der Waals surface area contributed by atoms with Gasteiger partial charge in [-0.05, 0) is 13.3 Å². The van der Waals surface area contributed by atoms with Gasteiger partial charge in [-0.15, -0.1) is 0 Å². The van der Waals surface area contributed by atoms with Crippen molar-refractivity contribution in [2.45, 2.75) is 44.3 Å². The number of alkyl halides is 2. The number of ether oxygens (including phenoxy) is 1. The molecule has 0 aromatic rings. The van der Waals surface area contributed by atoms with Crippen LogP contribution in [0.1, 0.15) is 26.7 Å². The summed E-state index contributed by atoms with van der Waals surface area (Å²) in [4.78, 5) is 10.7. The van der Waals surface area contributed by atoms with Crippen LogP contribution in [0.2, 0.25) is 0 Å². The zero-order valence-electron chi connectivity index (χ0n) is 9.43. The van der Waals surface area contributed by atoms with E-state index in [4.69, 9.17) is 0 Å². The summed E-state index contributed by atoms with van der Waals surface area (Å²) in [6.07, 6.45) is -0.844. The number of cyclic esters (lactones) is 1. The summed E-state index contributed by atoms with van der Waals surface area (Å²) in [5.74, 6) is -4.82. The van der Waals surface area contributed by atoms with E-state index in [0.29, 0.717) is 6.42 Å². The molecule has 0 aliphatic carbocycles. The number of carbonyl (C=O) groups excluding carboxylic acids is 1. The predicted molar refractivity (Wildman–Crippen MR) is 53.2 cm³/mol. The van der Waals surface area contributed by atoms with Gasteiger partial charge in [-0.25, -0.2) is 4.79 Å². The summed E-state index contributed by atoms with van der Waals surface area (Å²) in [5, 5.41) is 12.4. The topological polar surface area (TPSA) is 58.6 Å². The summed E-state index contributed by atoms with van der Waals surface area (Å²) >= 11 is 0. The van der Waals surface area contributed by atoms with Gasteiger partial charge in [0.2, 0.25) is 0 Å². The Morgan fingerprint density at radius 1 is 1.69 bits per heavy atom. The fourth-order valence-electron chi connectivity index (χ4n) is 1.39. The summed E-state index contributed by atoms with van der Waals surface area (Å²) < 4.78 is 30.0. The molecule has 1 fully saturated rings. The highest BCUT2D eigenvalue weighted by atomic mass is 19.3. The van der Waals surface area contributed by atoms with Gasteiger partial charge in [0, 0.05) is 13.1 Å². The standard InChI is InChI=1S/C10H17F2NO3/c1-3-9(2,15)6-13-5-7-4-10(11,12)8(14)16-7/h7,13,15H,3-6H2,1-2H3. The highest BCUT2D eigenvalue weighted by Gasteiger charge is 2.50. The summed E-state index contributed by atoms with van der Waals surface area (Å²) in [6.45, 7) is 3.89. The fourth-order valence-corrected chi connectivity index (χ4v) is 1.39. The van der Waals surface area contributed by atoms with Gasteiger partial charge in [0.15, 0.2) is 0 Å². The quantitative estimate of drug-likeness (QED) is 0.691. The molecule has 6 heteroatoms. The zero-order chi connectivity index (χ0) is 12.4. The lowest BCUT2D eigenvalue weighted by Gasteiger charge is -2.22. The lowest BCUT2D eigenvalue weighted by molar-refractivity contribution is -0.159. The number of rotatable bonds is 5. The highest BCUT2D eigenvalue weighted by molar-refractivity contribution is 5.79. The highest BCUT2D eigenvalue weighted by Crippen LogP contribution is 2.30. The SMILES string of the molecule is CCC(C)(O)CNCC1CC(F)(F)C(=O)O1. The van der Waals surface area contributed by atoms with Crippen LogP contribution in [-0.2, 0) is 9.53 Å². The van der Waals surface area contributed by atoms with E-state index in [1.165, 1.54) is 0 Å². The first-order chi connectivity index (χ1) is 7.27. The van der Waals surface area contributed by atoms with Gasteiger partial charge in [-0.2, -0.15) is 8.78 Å². The van der Waals surface area contributed by atoms with Crippen LogP contribution in [0.5, 0.6) is 0 Å². The molecule has 0 amide bonds. The van der Waals surface area contributed by atoms with Crippen LogP contribution >= 0.6 is 0 Å². The number of aliphatic hydroxyl groups is 1. The van der Waals surface area contributed by atoms with Crippen molar-refractivity contribution in [2.75, 3.05) is 13.1 Å². The minimum absolute atomic E-state index is 0.136. The van der Waals surface area contributed by atoms with Crippen LogP contribution in [0.3, 0.4) is 0 Å². The van der Waals surface area contributed by atoms with Crippen molar-refractivity contribution in [3.8, 4) is 0 Å². The van der Waals surface area contributed by atoms with Gasteiger partial charge in [0.05, 0.1) is 12.0 Å². The minimum Gasteiger partial charge on any atom is -0.456 e. The van der Waals surface area contributed by atoms with Crippen molar-refractivity contribution in [2.24, 2.45) is 0 Å². The van der Waals surface area contributed by atoms with E-state index in [1.807, 2.05) is 6.92 Å². The van der Waals surface area contributed by atoms with Gasteiger partial charge in [-0.3, -0.25) is 0 Å². The fraction of sp³-hybridized carbons (Fsp3) is 0.900. The molecule has 0 aromatic heterocycles. The zero-order valence-corrected chi connectivity index (χ0v) is 9.43. The van der Waals surface area contributed by atoms with Crippen LogP contribution in [-0.4, -0.2) is 41.8 Å². The Bertz CT molecular complexity index is 269. The monoisotopic (exact) mass is 237 g/mol. The first kappa shape index (κ1) is 13.3. The summed E-state index contributed by atoms with van der Waals surface area (Å²) in [5.41, 5.74) is -0.870. The molecule has 1 aliphatic rings. The summed E-state index contributed by atoms with van der Waals surface area (Å²) in [6, 6.07) is 0. The number of esters is 1. The van der Waals surface area contributed by atoms with Gasteiger partial charge in [0.1, 0.15) is 6.10 Å². The molecule has 2 N–H and O–H groups in total. The lowest BCUT2D eigenvalue weighted by Crippen LogP contribution is -2.40. The number of hydrogen-bond donors (Lipinski definition) is 2. The van der Waals surface area contributed by atoms with E-state index in [-0.39, 0.29) is 13.1 Å². The molecular weight excluding hydrogens is 220 g/mol. The number of carbonyl (C=O) groups is 1. The van der Waals surface area contributed by atoms with Crippen molar-refractivity contribution >= 4 is 5.97 Å². The van der Waals surface area contributed by atoms with Crippen molar-refractivity contribution in [3.05, 3.63) is 0 Å². The van der Waals surface area contributed by atoms with E-state index < -0.39 is 30.0 Å². The molecule has 2 unspecified atom stereocenters. The maximum Gasteiger partial charge on any atom is 0.377 e. The molecule has 4 nitrogen and oxygen atoms in total. The number of hydrogen-bond acceptors (Lipinski definition) is 4. The minimum atomic E-state index is -3.36. The van der Waals surface area contributed by atoms with Crippen LogP contribution in [0.4, 0.5) is 8.78 Å². The molecule has 1 rings (SSSR count). The maximum atomic E-state index is 12.8. The van der Waals surface area contributed by atoms with Gasteiger partial charge < -0.3 is 15.2 Å². The molecule has 1 saturated heterocycles. The molecule has 0 radical (unpaired) electrons. The normalized spacial score (nSPS) is 27.6. The Labute approximate surface area is 93.0 Å². The predicted octanol–water partition coefficient (Wildman–Crippen LogP) is 0.688. The second kappa shape index (κ2) is 4.63. The van der Waals surface area contributed by atoms with Gasteiger partial charge in [-0.1, -0.05) is 6.92 Å². The number of nitrogens with one attached hydrogen (secondary N) is 1. The Balaban J connectivity index is 2.29. The van der Waals surface area contributed by atoms with Crippen molar-refractivity contribution < 1.29 is 23.4 Å². The molecular formula is C10H17F2NO3. The van der Waals surface area contributed by atoms with E-state index in [9.17, 15) is 18.7 Å². The van der Waals surface area contributed by atoms with E-state index in [0.717, 1.165) is 0 Å². The Morgan fingerprint density at radius 2 is 2.31 bits per heavy atom. The molecule has 0 spiro atoms. The third-order valence-electron chi connectivity index (χ3n) is 2.70. The second-order valence-corrected chi connectivity index (χ2v) is 4.42. The van der Waals surface area contributed by atoms with Crippen LogP contribution < -0.4 is 5.32 Å². The Kier molecular flexibility index (Phi) is 3.85. The van der Waals surface area contributed by atoms with Crippen molar-refractivity contribution in [3.63, 3.8) is 0 Å². The molecule has 0 bridgehead atoms. The molecule has 94 valence electrons. The molecule has 0 saturated carbocycles. The maximum absolute atomic E-state index is 12.8. The van der Waals surface area contributed by atoms with Gasteiger partial charge >= 0.3 is 11.9 Å². The second-order valence-electron chi connectivity index (χ2n) is 4.42. The van der Waals surface area contributed by atoms with E-state index in [2.05, 4.69) is 10.1 Å². The third-order valence-corrected chi connectivity index (χ3v) is 2.70. The van der Waals surface area contributed by atoms with Gasteiger partial charge in [0.25, 0.3) is 0 Å². The van der Waals surface area contributed by atoms with Crippen LogP contribution in [0, 0.1) is 0 Å². The van der Waals surface area contributed by atoms with E-state index >= 15 is 0 Å². The average Bonchev–Trinajstić information content (AvgIpc) is 2.40. The van der Waals surface area contributed by atoms with E-state index in [1.54, 1.807) is 6.92 Å². The Hall–Kier alpha value is -0.750. The van der Waals surface area contributed by atoms with Crippen LogP contribution in [0.25, 0.3) is 0 Å². The van der Waals surface area contributed by atoms with Crippen LogP contribution in [0.15, 0.2) is 0 Å². The van der Waals surface area contributed by atoms with Crippen molar-refractivity contribution in [1.82, 2.24) is 5.32 Å². The Morgan fingerprint density at radius 3 is 2.75 bits per heavy atom. The number of halogens is 2. The molecule has 1 heterocycles. The molecule has 0 aromatic carbocycles. The smallest absolute Gasteiger partial charge is 0.377 e. The molecule has 16 heavy (non-hydrogen) atoms. The largest absolute Gasteiger partial charge is 0.456 e. The third kappa shape index (κ3) is 3.38. The van der Waals surface area contributed by atoms with Crippen molar-refractivity contribution in [1.29, 1.82) is 0 Å². The average molecular weight is 237 g/mol. The summed E-state index contributed by atoms with van der Waals surface area (Å²) in [7, 11) is 0. The molecule has 2 atom stereocenters.